The standard InChI is InChI=1S/C16H22N2OS2/c1-12(2)8-17-9-16-18-13(11-21-16)10-19-14-4-6-15(20-3)7-5-14/h4-7,11-12,17H,8-10H2,1-3H3. The van der Waals surface area contributed by atoms with Gasteiger partial charge in [0.05, 0.1) is 5.69 Å². The van der Waals surface area contributed by atoms with E-state index in [9.17, 15) is 0 Å². The van der Waals surface area contributed by atoms with E-state index in [1.54, 1.807) is 23.1 Å². The third-order valence-electron chi connectivity index (χ3n) is 2.87. The fraction of sp³-hybridized carbons (Fsp3) is 0.438. The molecule has 1 heterocycles. The largest absolute Gasteiger partial charge is 0.487 e. The van der Waals surface area contributed by atoms with Gasteiger partial charge in [0.2, 0.25) is 0 Å². The van der Waals surface area contributed by atoms with Crippen molar-refractivity contribution in [1.29, 1.82) is 0 Å². The molecule has 0 saturated carbocycles. The van der Waals surface area contributed by atoms with E-state index in [-0.39, 0.29) is 0 Å². The summed E-state index contributed by atoms with van der Waals surface area (Å²) in [6.07, 6.45) is 2.07. The summed E-state index contributed by atoms with van der Waals surface area (Å²) < 4.78 is 5.76. The van der Waals surface area contributed by atoms with Crippen LogP contribution in [0.3, 0.4) is 0 Å². The molecule has 0 aliphatic heterocycles. The summed E-state index contributed by atoms with van der Waals surface area (Å²) in [6.45, 7) is 6.80. The van der Waals surface area contributed by atoms with Gasteiger partial charge in [0.1, 0.15) is 17.4 Å². The molecule has 2 aromatic rings. The average molecular weight is 322 g/mol. The van der Waals surface area contributed by atoms with E-state index in [4.69, 9.17) is 4.74 Å². The number of rotatable bonds is 8. The lowest BCUT2D eigenvalue weighted by Gasteiger charge is -2.05. The number of hydrogen-bond acceptors (Lipinski definition) is 5. The van der Waals surface area contributed by atoms with Crippen LogP contribution in [-0.2, 0) is 13.2 Å². The van der Waals surface area contributed by atoms with Crippen molar-refractivity contribution in [3.8, 4) is 5.75 Å². The highest BCUT2D eigenvalue weighted by Crippen LogP contribution is 2.20. The average Bonchev–Trinajstić information content (AvgIpc) is 2.93. The Kier molecular flexibility index (Phi) is 6.54. The fourth-order valence-corrected chi connectivity index (χ4v) is 2.95. The van der Waals surface area contributed by atoms with Crippen LogP contribution >= 0.6 is 23.1 Å². The number of aromatic nitrogens is 1. The van der Waals surface area contributed by atoms with Crippen LogP contribution in [0.25, 0.3) is 0 Å². The van der Waals surface area contributed by atoms with Crippen molar-refractivity contribution in [2.24, 2.45) is 5.92 Å². The SMILES string of the molecule is CSc1ccc(OCc2csc(CNCC(C)C)n2)cc1. The second-order valence-corrected chi connectivity index (χ2v) is 7.04. The van der Waals surface area contributed by atoms with Gasteiger partial charge in [-0.2, -0.15) is 0 Å². The van der Waals surface area contributed by atoms with Gasteiger partial charge in [0.15, 0.2) is 0 Å². The number of ether oxygens (including phenoxy) is 1. The van der Waals surface area contributed by atoms with Crippen molar-refractivity contribution in [1.82, 2.24) is 10.3 Å². The van der Waals surface area contributed by atoms with Gasteiger partial charge in [-0.15, -0.1) is 23.1 Å². The Morgan fingerprint density at radius 3 is 2.71 bits per heavy atom. The smallest absolute Gasteiger partial charge is 0.131 e. The summed E-state index contributed by atoms with van der Waals surface area (Å²) in [4.78, 5) is 5.83. The molecule has 0 aliphatic carbocycles. The van der Waals surface area contributed by atoms with Gasteiger partial charge in [-0.1, -0.05) is 13.8 Å². The second kappa shape index (κ2) is 8.41. The molecule has 5 heteroatoms. The molecule has 0 amide bonds. The number of nitrogens with zero attached hydrogens (tertiary/aromatic N) is 1. The number of thiazole rings is 1. The first kappa shape index (κ1) is 16.3. The lowest BCUT2D eigenvalue weighted by Crippen LogP contribution is -2.18. The van der Waals surface area contributed by atoms with E-state index in [1.807, 2.05) is 12.1 Å². The molecule has 0 bridgehead atoms. The van der Waals surface area contributed by atoms with Gasteiger partial charge < -0.3 is 10.1 Å². The van der Waals surface area contributed by atoms with Crippen molar-refractivity contribution in [3.63, 3.8) is 0 Å². The third kappa shape index (κ3) is 5.69. The number of hydrogen-bond donors (Lipinski definition) is 1. The predicted molar refractivity (Wildman–Crippen MR) is 91.2 cm³/mol. The summed E-state index contributed by atoms with van der Waals surface area (Å²) in [6, 6.07) is 8.15. The van der Waals surface area contributed by atoms with Crippen molar-refractivity contribution in [3.05, 3.63) is 40.3 Å². The summed E-state index contributed by atoms with van der Waals surface area (Å²) >= 11 is 3.42. The van der Waals surface area contributed by atoms with Gasteiger partial charge >= 0.3 is 0 Å². The maximum Gasteiger partial charge on any atom is 0.131 e. The molecule has 0 aliphatic rings. The highest BCUT2D eigenvalue weighted by molar-refractivity contribution is 7.98. The summed E-state index contributed by atoms with van der Waals surface area (Å²) in [5.41, 5.74) is 0.996. The highest BCUT2D eigenvalue weighted by atomic mass is 32.2. The number of thioether (sulfide) groups is 1. The maximum atomic E-state index is 5.76. The molecular formula is C16H22N2OS2. The number of benzene rings is 1. The summed E-state index contributed by atoms with van der Waals surface area (Å²) in [7, 11) is 0. The van der Waals surface area contributed by atoms with E-state index in [1.165, 1.54) is 4.90 Å². The molecular weight excluding hydrogens is 300 g/mol. The molecule has 0 saturated heterocycles. The zero-order chi connectivity index (χ0) is 15.1. The Bertz CT molecular complexity index is 537. The minimum absolute atomic E-state index is 0.527. The number of nitrogens with one attached hydrogen (secondary N) is 1. The first-order valence-corrected chi connectivity index (χ1v) is 9.18. The monoisotopic (exact) mass is 322 g/mol. The van der Waals surface area contributed by atoms with Gasteiger partial charge in [-0.05, 0) is 43.0 Å². The minimum Gasteiger partial charge on any atom is -0.487 e. The van der Waals surface area contributed by atoms with E-state index >= 15 is 0 Å². The van der Waals surface area contributed by atoms with Crippen LogP contribution in [0.1, 0.15) is 24.5 Å². The van der Waals surface area contributed by atoms with E-state index in [0.29, 0.717) is 12.5 Å². The first-order valence-electron chi connectivity index (χ1n) is 7.08. The zero-order valence-electron chi connectivity index (χ0n) is 12.8. The van der Waals surface area contributed by atoms with Crippen LogP contribution in [0.5, 0.6) is 5.75 Å². The molecule has 2 rings (SSSR count). The minimum atomic E-state index is 0.527. The Hall–Kier alpha value is -1.04. The Morgan fingerprint density at radius 2 is 2.05 bits per heavy atom. The predicted octanol–water partition coefficient (Wildman–Crippen LogP) is 4.19. The molecule has 1 N–H and O–H groups in total. The van der Waals surface area contributed by atoms with E-state index in [0.717, 1.165) is 29.5 Å². The summed E-state index contributed by atoms with van der Waals surface area (Å²) in [5.74, 6) is 1.55. The molecule has 114 valence electrons. The van der Waals surface area contributed by atoms with Crippen molar-refractivity contribution < 1.29 is 4.74 Å². The van der Waals surface area contributed by atoms with Crippen LogP contribution in [0.2, 0.25) is 0 Å². The van der Waals surface area contributed by atoms with Crippen LogP contribution in [0.4, 0.5) is 0 Å². The molecule has 1 aromatic carbocycles. The van der Waals surface area contributed by atoms with Gasteiger partial charge in [0, 0.05) is 16.8 Å². The van der Waals surface area contributed by atoms with E-state index < -0.39 is 0 Å². The molecule has 0 fully saturated rings. The van der Waals surface area contributed by atoms with Gasteiger partial charge in [0.25, 0.3) is 0 Å². The second-order valence-electron chi connectivity index (χ2n) is 5.22. The Morgan fingerprint density at radius 1 is 1.29 bits per heavy atom. The molecule has 0 radical (unpaired) electrons. The van der Waals surface area contributed by atoms with Gasteiger partial charge in [-0.25, -0.2) is 4.98 Å². The normalized spacial score (nSPS) is 11.0. The van der Waals surface area contributed by atoms with Crippen LogP contribution in [0.15, 0.2) is 34.5 Å². The summed E-state index contributed by atoms with van der Waals surface area (Å²) in [5, 5.41) is 6.60. The van der Waals surface area contributed by atoms with Crippen molar-refractivity contribution in [2.75, 3.05) is 12.8 Å². The maximum absolute atomic E-state index is 5.76. The Labute approximate surface area is 135 Å². The van der Waals surface area contributed by atoms with E-state index in [2.05, 4.69) is 47.9 Å². The molecule has 0 spiro atoms. The molecule has 3 nitrogen and oxygen atoms in total. The third-order valence-corrected chi connectivity index (χ3v) is 4.52. The molecule has 0 atom stereocenters. The first-order chi connectivity index (χ1) is 10.2. The Balaban J connectivity index is 1.79. The van der Waals surface area contributed by atoms with Crippen molar-refractivity contribution >= 4 is 23.1 Å². The quantitative estimate of drug-likeness (QED) is 0.739. The zero-order valence-corrected chi connectivity index (χ0v) is 14.4. The van der Waals surface area contributed by atoms with Crippen molar-refractivity contribution in [2.45, 2.75) is 31.9 Å². The molecule has 1 aromatic heterocycles. The fourth-order valence-electron chi connectivity index (χ4n) is 1.79. The molecule has 0 unspecified atom stereocenters. The topological polar surface area (TPSA) is 34.1 Å². The molecule has 21 heavy (non-hydrogen) atoms. The van der Waals surface area contributed by atoms with Gasteiger partial charge in [-0.3, -0.25) is 0 Å². The van der Waals surface area contributed by atoms with Crippen LogP contribution < -0.4 is 10.1 Å². The van der Waals surface area contributed by atoms with Crippen LogP contribution in [0, 0.1) is 5.92 Å². The van der Waals surface area contributed by atoms with Crippen LogP contribution in [-0.4, -0.2) is 17.8 Å². The lowest BCUT2D eigenvalue weighted by molar-refractivity contribution is 0.301. The highest BCUT2D eigenvalue weighted by Gasteiger charge is 2.03. The lowest BCUT2D eigenvalue weighted by atomic mass is 10.2.